The Balaban J connectivity index is 0.00000480. The zero-order chi connectivity index (χ0) is 22.0. The van der Waals surface area contributed by atoms with Crippen LogP contribution in [-0.4, -0.2) is 63.8 Å². The van der Waals surface area contributed by atoms with Gasteiger partial charge in [0.1, 0.15) is 0 Å². The molecule has 0 bridgehead atoms. The van der Waals surface area contributed by atoms with E-state index in [-0.39, 0.29) is 29.4 Å². The molecule has 1 aliphatic heterocycles. The summed E-state index contributed by atoms with van der Waals surface area (Å²) in [5, 5.41) is 7.09. The zero-order valence-electron chi connectivity index (χ0n) is 20.3. The van der Waals surface area contributed by atoms with E-state index in [1.54, 1.807) is 14.2 Å². The monoisotopic (exact) mass is 546 g/mol. The number of benzene rings is 1. The third-order valence-electron chi connectivity index (χ3n) is 5.90. The Hall–Kier alpha value is -1.22. The highest BCUT2D eigenvalue weighted by Crippen LogP contribution is 2.33. The van der Waals surface area contributed by atoms with E-state index in [4.69, 9.17) is 14.5 Å². The number of piperidine rings is 1. The second-order valence-corrected chi connectivity index (χ2v) is 8.76. The molecule has 0 unspecified atom stereocenters. The smallest absolute Gasteiger partial charge is 0.191 e. The maximum Gasteiger partial charge on any atom is 0.191 e. The van der Waals surface area contributed by atoms with Crippen LogP contribution in [0.2, 0.25) is 0 Å². The number of methoxy groups -OCH3 is 2. The molecule has 0 spiro atoms. The minimum Gasteiger partial charge on any atom is -0.493 e. The molecule has 1 saturated heterocycles. The molecule has 7 heteroatoms. The Bertz CT molecular complexity index is 674. The zero-order valence-corrected chi connectivity index (χ0v) is 22.6. The van der Waals surface area contributed by atoms with Gasteiger partial charge in [0.15, 0.2) is 17.5 Å². The van der Waals surface area contributed by atoms with Gasteiger partial charge in [-0.3, -0.25) is 4.99 Å². The number of guanidine groups is 1. The highest BCUT2D eigenvalue weighted by atomic mass is 127. The third kappa shape index (κ3) is 8.67. The Morgan fingerprint density at radius 3 is 2.39 bits per heavy atom. The summed E-state index contributed by atoms with van der Waals surface area (Å²) in [5.41, 5.74) is 1.06. The van der Waals surface area contributed by atoms with Crippen molar-refractivity contribution in [2.45, 2.75) is 64.8 Å². The van der Waals surface area contributed by atoms with Crippen LogP contribution in [0.5, 0.6) is 11.5 Å². The van der Waals surface area contributed by atoms with Crippen LogP contribution in [0.4, 0.5) is 0 Å². The predicted octanol–water partition coefficient (Wildman–Crippen LogP) is 4.42. The number of hydrogen-bond donors (Lipinski definition) is 2. The van der Waals surface area contributed by atoms with Crippen molar-refractivity contribution in [2.24, 2.45) is 4.99 Å². The van der Waals surface area contributed by atoms with Gasteiger partial charge in [-0.15, -0.1) is 24.0 Å². The lowest BCUT2D eigenvalue weighted by molar-refractivity contribution is 0.203. The van der Waals surface area contributed by atoms with Crippen LogP contribution in [0.3, 0.4) is 0 Å². The molecule has 2 rings (SSSR count). The second kappa shape index (κ2) is 14.0. The van der Waals surface area contributed by atoms with Gasteiger partial charge in [0, 0.05) is 31.1 Å². The summed E-state index contributed by atoms with van der Waals surface area (Å²) < 4.78 is 10.9. The molecule has 0 aromatic heterocycles. The Morgan fingerprint density at radius 2 is 1.81 bits per heavy atom. The number of nitrogens with zero attached hydrogens (tertiary/aromatic N) is 2. The first-order chi connectivity index (χ1) is 14.4. The molecule has 1 aromatic carbocycles. The summed E-state index contributed by atoms with van der Waals surface area (Å²) in [6.07, 6.45) is 4.92. The summed E-state index contributed by atoms with van der Waals surface area (Å²) >= 11 is 0. The van der Waals surface area contributed by atoms with Gasteiger partial charge in [0.25, 0.3) is 0 Å². The van der Waals surface area contributed by atoms with Crippen molar-refractivity contribution in [1.29, 1.82) is 0 Å². The van der Waals surface area contributed by atoms with E-state index in [1.807, 2.05) is 6.07 Å². The SMILES string of the molecule is CCCCN1CCC(NC(=NCC(C)(C)c2ccc(OC)c(OC)c2)NCC)CC1.I. The Labute approximate surface area is 206 Å². The van der Waals surface area contributed by atoms with Crippen molar-refractivity contribution in [1.82, 2.24) is 15.5 Å². The van der Waals surface area contributed by atoms with Gasteiger partial charge in [-0.2, -0.15) is 0 Å². The van der Waals surface area contributed by atoms with Crippen molar-refractivity contribution in [3.05, 3.63) is 23.8 Å². The molecule has 1 aliphatic rings. The molecule has 1 fully saturated rings. The highest BCUT2D eigenvalue weighted by Gasteiger charge is 2.23. The van der Waals surface area contributed by atoms with Gasteiger partial charge in [-0.05, 0) is 50.4 Å². The number of halogens is 1. The molecule has 2 N–H and O–H groups in total. The molecular weight excluding hydrogens is 503 g/mol. The minimum absolute atomic E-state index is 0. The number of aliphatic imine (C=N–C) groups is 1. The van der Waals surface area contributed by atoms with Crippen LogP contribution >= 0.6 is 24.0 Å². The molecule has 0 aliphatic carbocycles. The summed E-state index contributed by atoms with van der Waals surface area (Å²) in [6, 6.07) is 6.62. The maximum atomic E-state index is 5.48. The van der Waals surface area contributed by atoms with Crippen LogP contribution < -0.4 is 20.1 Å². The van der Waals surface area contributed by atoms with Crippen molar-refractivity contribution in [2.75, 3.05) is 46.9 Å². The Kier molecular flexibility index (Phi) is 12.6. The lowest BCUT2D eigenvalue weighted by Crippen LogP contribution is -2.49. The molecule has 1 heterocycles. The fourth-order valence-electron chi connectivity index (χ4n) is 3.82. The molecule has 0 atom stereocenters. The van der Waals surface area contributed by atoms with Crippen molar-refractivity contribution in [3.63, 3.8) is 0 Å². The van der Waals surface area contributed by atoms with Gasteiger partial charge < -0.3 is 25.0 Å². The van der Waals surface area contributed by atoms with Gasteiger partial charge in [0.2, 0.25) is 0 Å². The summed E-state index contributed by atoms with van der Waals surface area (Å²) in [6.45, 7) is 13.9. The van der Waals surface area contributed by atoms with Crippen LogP contribution in [0, 0.1) is 0 Å². The van der Waals surface area contributed by atoms with E-state index in [1.165, 1.54) is 50.9 Å². The van der Waals surface area contributed by atoms with Crippen LogP contribution in [-0.2, 0) is 5.41 Å². The van der Waals surface area contributed by atoms with Crippen LogP contribution in [0.25, 0.3) is 0 Å². The van der Waals surface area contributed by atoms with Crippen molar-refractivity contribution in [3.8, 4) is 11.5 Å². The Morgan fingerprint density at radius 1 is 1.13 bits per heavy atom. The summed E-state index contributed by atoms with van der Waals surface area (Å²) in [4.78, 5) is 7.52. The van der Waals surface area contributed by atoms with E-state index >= 15 is 0 Å². The maximum absolute atomic E-state index is 5.48. The van der Waals surface area contributed by atoms with Gasteiger partial charge in [-0.1, -0.05) is 33.3 Å². The van der Waals surface area contributed by atoms with Crippen molar-refractivity contribution < 1.29 is 9.47 Å². The molecule has 0 radical (unpaired) electrons. The third-order valence-corrected chi connectivity index (χ3v) is 5.90. The summed E-state index contributed by atoms with van der Waals surface area (Å²) in [7, 11) is 3.34. The molecular formula is C24H43IN4O2. The second-order valence-electron chi connectivity index (χ2n) is 8.76. The van der Waals surface area contributed by atoms with E-state index in [0.717, 1.165) is 24.0 Å². The number of likely N-dealkylation sites (tertiary alicyclic amines) is 1. The molecule has 178 valence electrons. The lowest BCUT2D eigenvalue weighted by atomic mass is 9.84. The minimum atomic E-state index is -0.120. The number of hydrogen-bond acceptors (Lipinski definition) is 4. The first kappa shape index (κ1) is 27.8. The standard InChI is InChI=1S/C24H42N4O2.HI/c1-7-9-14-28-15-12-20(13-16-28)27-23(25-8-2)26-18-24(3,4)19-10-11-21(29-5)22(17-19)30-6;/h10-11,17,20H,7-9,12-16,18H2,1-6H3,(H2,25,26,27);1H. The van der Waals surface area contributed by atoms with Crippen molar-refractivity contribution >= 4 is 29.9 Å². The quantitative estimate of drug-likeness (QED) is 0.259. The number of rotatable bonds is 10. The lowest BCUT2D eigenvalue weighted by Gasteiger charge is -2.33. The highest BCUT2D eigenvalue weighted by molar-refractivity contribution is 14.0. The average molecular weight is 547 g/mol. The summed E-state index contributed by atoms with van der Waals surface area (Å²) in [5.74, 6) is 2.42. The largest absolute Gasteiger partial charge is 0.493 e. The molecule has 0 saturated carbocycles. The topological polar surface area (TPSA) is 58.1 Å². The van der Waals surface area contributed by atoms with Crippen LogP contribution in [0.1, 0.15) is 58.9 Å². The van der Waals surface area contributed by atoms with Gasteiger partial charge in [0.05, 0.1) is 20.8 Å². The van der Waals surface area contributed by atoms with Gasteiger partial charge >= 0.3 is 0 Å². The van der Waals surface area contributed by atoms with E-state index in [9.17, 15) is 0 Å². The predicted molar refractivity (Wildman–Crippen MR) is 141 cm³/mol. The van der Waals surface area contributed by atoms with Gasteiger partial charge in [-0.25, -0.2) is 0 Å². The fraction of sp³-hybridized carbons (Fsp3) is 0.708. The number of ether oxygens (including phenoxy) is 2. The molecule has 1 aromatic rings. The average Bonchev–Trinajstić information content (AvgIpc) is 2.76. The van der Waals surface area contributed by atoms with E-state index < -0.39 is 0 Å². The van der Waals surface area contributed by atoms with E-state index in [2.05, 4.69) is 55.4 Å². The molecule has 31 heavy (non-hydrogen) atoms. The van der Waals surface area contributed by atoms with Crippen LogP contribution in [0.15, 0.2) is 23.2 Å². The molecule has 6 nitrogen and oxygen atoms in total. The first-order valence-corrected chi connectivity index (χ1v) is 11.4. The number of nitrogens with one attached hydrogen (secondary N) is 2. The molecule has 0 amide bonds. The van der Waals surface area contributed by atoms with E-state index in [0.29, 0.717) is 12.6 Å². The fourth-order valence-corrected chi connectivity index (χ4v) is 3.82. The normalized spacial score (nSPS) is 15.9. The number of unbranched alkanes of at least 4 members (excludes halogenated alkanes) is 1. The first-order valence-electron chi connectivity index (χ1n) is 11.4.